The van der Waals surface area contributed by atoms with E-state index < -0.39 is 72.9 Å². The molecule has 0 bridgehead atoms. The van der Waals surface area contributed by atoms with Crippen LogP contribution in [-0.2, 0) is 55.7 Å². The SMILES string of the molecule is CO[C@@H]1O[C@@H](C)[C@H](O[C@@H]2O[C@@H]3CO[C@@](C#N)(Cc4ccccc4I)O[C@H]3[C@H](N)[C@@H]2OCc2ccccc2)[C@H]2OC(C)(C)O[C@@H]12. The number of nitriles is 1. The van der Waals surface area contributed by atoms with E-state index in [4.69, 9.17) is 48.4 Å². The molecule has 0 spiro atoms. The van der Waals surface area contributed by atoms with E-state index in [1.165, 1.54) is 0 Å². The van der Waals surface area contributed by atoms with Crippen LogP contribution >= 0.6 is 22.6 Å². The summed E-state index contributed by atoms with van der Waals surface area (Å²) in [5.74, 6) is -2.39. The number of hydrogen-bond acceptors (Lipinski definition) is 11. The van der Waals surface area contributed by atoms with Crippen LogP contribution in [0.25, 0.3) is 0 Å². The van der Waals surface area contributed by atoms with Gasteiger partial charge in [-0.15, -0.1) is 0 Å². The zero-order valence-corrected chi connectivity index (χ0v) is 27.3. The van der Waals surface area contributed by atoms with Gasteiger partial charge in [-0.2, -0.15) is 5.26 Å². The Bertz CT molecular complexity index is 1330. The summed E-state index contributed by atoms with van der Waals surface area (Å²) in [7, 11) is 1.57. The molecule has 11 nitrogen and oxygen atoms in total. The van der Waals surface area contributed by atoms with E-state index >= 15 is 0 Å². The average molecular weight is 723 g/mol. The number of nitrogens with zero attached hydrogens (tertiary/aromatic N) is 1. The maximum atomic E-state index is 10.3. The standard InChI is InChI=1S/C32H39IN2O9/c1-18-24(27-28(29(36-4)39-18)43-31(2,3)42-27)41-30-26(37-15-19-10-6-5-7-11-19)23(35)25-22(40-30)16-38-32(17-34,44-25)14-20-12-8-9-13-21(20)33/h5-13,18,22-30H,14-16,35H2,1-4H3/t18-,22+,23-,24-,25+,26-,27+,28+,29+,30-,32-/m0/s1. The highest BCUT2D eigenvalue weighted by molar-refractivity contribution is 14.1. The van der Waals surface area contributed by atoms with Gasteiger partial charge in [0.2, 0.25) is 0 Å². The maximum Gasteiger partial charge on any atom is 0.264 e. The van der Waals surface area contributed by atoms with Crippen molar-refractivity contribution in [3.8, 4) is 6.07 Å². The first-order valence-electron chi connectivity index (χ1n) is 14.8. The lowest BCUT2D eigenvalue weighted by Gasteiger charge is -2.51. The van der Waals surface area contributed by atoms with Gasteiger partial charge in [-0.25, -0.2) is 0 Å². The molecule has 0 aromatic heterocycles. The van der Waals surface area contributed by atoms with Crippen LogP contribution in [0.4, 0.5) is 0 Å². The zero-order valence-electron chi connectivity index (χ0n) is 25.2. The van der Waals surface area contributed by atoms with Gasteiger partial charge in [0.05, 0.1) is 25.4 Å². The lowest BCUT2D eigenvalue weighted by Crippen LogP contribution is -2.70. The third kappa shape index (κ3) is 6.56. The van der Waals surface area contributed by atoms with E-state index in [-0.39, 0.29) is 19.6 Å². The van der Waals surface area contributed by atoms with Crippen molar-refractivity contribution in [1.82, 2.24) is 0 Å². The van der Waals surface area contributed by atoms with Gasteiger partial charge in [0, 0.05) is 17.1 Å². The third-order valence-electron chi connectivity index (χ3n) is 8.44. The highest BCUT2D eigenvalue weighted by Crippen LogP contribution is 2.41. The third-order valence-corrected chi connectivity index (χ3v) is 9.49. The minimum absolute atomic E-state index is 0.0851. The Morgan fingerprint density at radius 1 is 0.955 bits per heavy atom. The number of ether oxygens (including phenoxy) is 9. The highest BCUT2D eigenvalue weighted by Gasteiger charge is 2.58. The van der Waals surface area contributed by atoms with Crippen molar-refractivity contribution < 1.29 is 42.6 Å². The molecule has 4 aliphatic rings. The van der Waals surface area contributed by atoms with Crippen molar-refractivity contribution in [2.45, 2.75) is 107 Å². The Labute approximate surface area is 271 Å². The van der Waals surface area contributed by atoms with Crippen molar-refractivity contribution in [3.05, 3.63) is 69.3 Å². The predicted molar refractivity (Wildman–Crippen MR) is 164 cm³/mol. The Morgan fingerprint density at radius 3 is 2.41 bits per heavy atom. The summed E-state index contributed by atoms with van der Waals surface area (Å²) in [5, 5.41) is 10.3. The summed E-state index contributed by atoms with van der Waals surface area (Å²) in [6, 6.07) is 19.1. The van der Waals surface area contributed by atoms with E-state index in [0.717, 1.165) is 14.7 Å². The Morgan fingerprint density at radius 2 is 1.68 bits per heavy atom. The van der Waals surface area contributed by atoms with Gasteiger partial charge >= 0.3 is 0 Å². The smallest absolute Gasteiger partial charge is 0.264 e. The van der Waals surface area contributed by atoms with Gasteiger partial charge < -0.3 is 48.4 Å². The first-order valence-corrected chi connectivity index (χ1v) is 15.9. The van der Waals surface area contributed by atoms with Gasteiger partial charge in [-0.1, -0.05) is 48.5 Å². The zero-order chi connectivity index (χ0) is 31.1. The number of benzene rings is 2. The normalized spacial score (nSPS) is 39.7. The van der Waals surface area contributed by atoms with Crippen LogP contribution in [0.5, 0.6) is 0 Å². The summed E-state index contributed by atoms with van der Waals surface area (Å²) in [5.41, 5.74) is 8.84. The minimum Gasteiger partial charge on any atom is -0.367 e. The van der Waals surface area contributed by atoms with Crippen LogP contribution < -0.4 is 5.73 Å². The van der Waals surface area contributed by atoms with Crippen molar-refractivity contribution in [1.29, 1.82) is 5.26 Å². The van der Waals surface area contributed by atoms with Crippen LogP contribution in [-0.4, -0.2) is 86.6 Å². The molecule has 0 unspecified atom stereocenters. The number of nitrogens with two attached hydrogens (primary N) is 1. The molecule has 4 aliphatic heterocycles. The van der Waals surface area contributed by atoms with E-state index in [9.17, 15) is 5.26 Å². The van der Waals surface area contributed by atoms with Gasteiger partial charge in [0.25, 0.3) is 5.79 Å². The number of hydrogen-bond donors (Lipinski definition) is 1. The monoisotopic (exact) mass is 722 g/mol. The molecular weight excluding hydrogens is 683 g/mol. The second-order valence-corrected chi connectivity index (χ2v) is 13.2. The molecular formula is C32H39IN2O9. The summed E-state index contributed by atoms with van der Waals surface area (Å²) in [4.78, 5) is 0. The van der Waals surface area contributed by atoms with E-state index in [2.05, 4.69) is 28.7 Å². The van der Waals surface area contributed by atoms with Crippen LogP contribution in [0.15, 0.2) is 54.6 Å². The fourth-order valence-corrected chi connectivity index (χ4v) is 6.88. The molecule has 4 saturated heterocycles. The summed E-state index contributed by atoms with van der Waals surface area (Å²) < 4.78 is 57.2. The molecule has 0 amide bonds. The molecule has 2 aromatic carbocycles. The van der Waals surface area contributed by atoms with Gasteiger partial charge in [0.1, 0.15) is 42.7 Å². The van der Waals surface area contributed by atoms with Crippen molar-refractivity contribution in [3.63, 3.8) is 0 Å². The van der Waals surface area contributed by atoms with Gasteiger partial charge in [-0.05, 0) is 60.6 Å². The van der Waals surface area contributed by atoms with E-state index in [1.807, 2.05) is 75.4 Å². The molecule has 0 saturated carbocycles. The second kappa shape index (κ2) is 13.2. The fraction of sp³-hybridized carbons (Fsp3) is 0.594. The Balaban J connectivity index is 1.25. The fourth-order valence-electron chi connectivity index (χ4n) is 6.30. The maximum absolute atomic E-state index is 10.3. The Kier molecular flexibility index (Phi) is 9.64. The number of rotatable bonds is 8. The molecule has 2 aromatic rings. The molecule has 11 atom stereocenters. The van der Waals surface area contributed by atoms with Crippen molar-refractivity contribution >= 4 is 22.6 Å². The second-order valence-electron chi connectivity index (χ2n) is 12.0. The summed E-state index contributed by atoms with van der Waals surface area (Å²) in [6.45, 7) is 5.94. The average Bonchev–Trinajstić information content (AvgIpc) is 3.35. The molecule has 0 radical (unpaired) electrons. The molecule has 238 valence electrons. The predicted octanol–water partition coefficient (Wildman–Crippen LogP) is 3.40. The number of fused-ring (bicyclic) bond motifs is 2. The highest BCUT2D eigenvalue weighted by atomic mass is 127. The van der Waals surface area contributed by atoms with Crippen molar-refractivity contribution in [2.75, 3.05) is 13.7 Å². The quantitative estimate of drug-likeness (QED) is 0.403. The molecule has 0 aliphatic carbocycles. The lowest BCUT2D eigenvalue weighted by molar-refractivity contribution is -0.379. The number of halogens is 1. The molecule has 12 heteroatoms. The topological polar surface area (TPSA) is 133 Å². The molecule has 6 rings (SSSR count). The largest absolute Gasteiger partial charge is 0.367 e. The lowest BCUT2D eigenvalue weighted by atomic mass is 9.93. The van der Waals surface area contributed by atoms with Crippen molar-refractivity contribution in [2.24, 2.45) is 5.73 Å². The first-order chi connectivity index (χ1) is 21.1. The van der Waals surface area contributed by atoms with Crippen LogP contribution in [0.2, 0.25) is 0 Å². The van der Waals surface area contributed by atoms with E-state index in [1.54, 1.807) is 7.11 Å². The minimum atomic E-state index is -1.53. The molecule has 44 heavy (non-hydrogen) atoms. The van der Waals surface area contributed by atoms with Crippen LogP contribution in [0, 0.1) is 14.9 Å². The number of methoxy groups -OCH3 is 1. The molecule has 4 fully saturated rings. The van der Waals surface area contributed by atoms with Gasteiger partial charge in [-0.3, -0.25) is 0 Å². The molecule has 2 N–H and O–H groups in total. The summed E-state index contributed by atoms with van der Waals surface area (Å²) in [6.07, 6.45) is -5.39. The summed E-state index contributed by atoms with van der Waals surface area (Å²) >= 11 is 2.24. The van der Waals surface area contributed by atoms with E-state index in [0.29, 0.717) is 0 Å². The first kappa shape index (κ1) is 32.2. The van der Waals surface area contributed by atoms with Crippen LogP contribution in [0.3, 0.4) is 0 Å². The van der Waals surface area contributed by atoms with Crippen LogP contribution in [0.1, 0.15) is 31.9 Å². The Hall–Kier alpha value is -1.74. The molecule has 4 heterocycles. The van der Waals surface area contributed by atoms with Gasteiger partial charge in [0.15, 0.2) is 18.4 Å².